The van der Waals surface area contributed by atoms with Crippen LogP contribution in [0, 0.1) is 6.92 Å². The largest absolute Gasteiger partial charge is 0.469 e. The monoisotopic (exact) mass is 480 g/mol. The van der Waals surface area contributed by atoms with E-state index in [4.69, 9.17) is 14.5 Å². The summed E-state index contributed by atoms with van der Waals surface area (Å²) in [7, 11) is 1.87. The van der Waals surface area contributed by atoms with Gasteiger partial charge in [-0.2, -0.15) is 4.52 Å². The number of imidazole rings is 1. The van der Waals surface area contributed by atoms with Crippen molar-refractivity contribution in [3.05, 3.63) is 54.0 Å². The van der Waals surface area contributed by atoms with Gasteiger partial charge in [-0.1, -0.05) is 41.2 Å². The summed E-state index contributed by atoms with van der Waals surface area (Å²) in [6, 6.07) is 12.1. The smallest absolute Gasteiger partial charge is 0.239 e. The first-order valence-corrected chi connectivity index (χ1v) is 12.2. The summed E-state index contributed by atoms with van der Waals surface area (Å²) < 4.78 is 7.21. The molecular weight excluding hydrogens is 448 g/mol. The Balaban J connectivity index is 1.53. The van der Waals surface area contributed by atoms with Gasteiger partial charge in [-0.25, -0.2) is 4.98 Å². The third-order valence-electron chi connectivity index (χ3n) is 5.21. The molecule has 1 aromatic carbocycles. The van der Waals surface area contributed by atoms with Crippen molar-refractivity contribution in [2.45, 2.75) is 52.6 Å². The maximum absolute atomic E-state index is 12.6. The summed E-state index contributed by atoms with van der Waals surface area (Å²) in [4.78, 5) is 20.1. The zero-order chi connectivity index (χ0) is 24.5. The van der Waals surface area contributed by atoms with Crippen molar-refractivity contribution in [1.29, 1.82) is 0 Å². The lowest BCUT2D eigenvalue weighted by Crippen LogP contribution is -2.40. The van der Waals surface area contributed by atoms with Crippen molar-refractivity contribution >= 4 is 33.2 Å². The Bertz CT molecular complexity index is 1250. The zero-order valence-corrected chi connectivity index (χ0v) is 21.4. The summed E-state index contributed by atoms with van der Waals surface area (Å²) in [5, 5.41) is 12.1. The van der Waals surface area contributed by atoms with Crippen LogP contribution in [0.15, 0.2) is 47.1 Å². The van der Waals surface area contributed by atoms with E-state index in [1.165, 1.54) is 16.9 Å². The Kier molecular flexibility index (Phi) is 6.65. The normalized spacial score (nSPS) is 12.6. The van der Waals surface area contributed by atoms with Crippen LogP contribution in [0.5, 0.6) is 0 Å². The Labute approximate surface area is 204 Å². The highest BCUT2D eigenvalue weighted by Crippen LogP contribution is 2.34. The molecule has 3 aromatic heterocycles. The van der Waals surface area contributed by atoms with Gasteiger partial charge in [0.15, 0.2) is 5.82 Å². The lowest BCUT2D eigenvalue weighted by molar-refractivity contribution is -0.120. The second-order valence-electron chi connectivity index (χ2n) is 9.74. The van der Waals surface area contributed by atoms with Crippen LogP contribution in [-0.4, -0.2) is 45.7 Å². The van der Waals surface area contributed by atoms with Crippen molar-refractivity contribution in [2.75, 3.05) is 23.8 Å². The fourth-order valence-electron chi connectivity index (χ4n) is 3.66. The highest BCUT2D eigenvalue weighted by molar-refractivity contribution is 7.20. The van der Waals surface area contributed by atoms with Crippen LogP contribution in [0.2, 0.25) is 0 Å². The summed E-state index contributed by atoms with van der Waals surface area (Å²) >= 11 is 1.46. The van der Waals surface area contributed by atoms with Crippen LogP contribution in [0.25, 0.3) is 16.2 Å². The number of hydrogen-bond donors (Lipinski definition) is 2. The molecule has 0 fully saturated rings. The third kappa shape index (κ3) is 5.59. The summed E-state index contributed by atoms with van der Waals surface area (Å²) in [6.07, 6.45) is 2.29. The topological polar surface area (TPSA) is 87.7 Å². The van der Waals surface area contributed by atoms with Crippen LogP contribution in [0.3, 0.4) is 0 Å². The Morgan fingerprint density at radius 1 is 1.24 bits per heavy atom. The van der Waals surface area contributed by atoms with E-state index in [1.807, 2.05) is 35.5 Å². The first kappa shape index (κ1) is 23.8. The number of anilines is 2. The molecule has 4 aromatic rings. The predicted octanol–water partition coefficient (Wildman–Crippen LogP) is 4.75. The molecule has 8 nitrogen and oxygen atoms in total. The third-order valence-corrected chi connectivity index (χ3v) is 6.24. The first-order chi connectivity index (χ1) is 16.1. The Hall–Kier alpha value is -3.33. The lowest BCUT2D eigenvalue weighted by atomic mass is 10.1. The molecule has 34 heavy (non-hydrogen) atoms. The van der Waals surface area contributed by atoms with Crippen molar-refractivity contribution in [3.8, 4) is 11.3 Å². The molecule has 9 heteroatoms. The predicted molar refractivity (Wildman–Crippen MR) is 138 cm³/mol. The minimum atomic E-state index is -0.172. The fraction of sp³-hybridized carbons (Fsp3) is 0.400. The van der Waals surface area contributed by atoms with Crippen molar-refractivity contribution < 1.29 is 9.21 Å². The number of rotatable bonds is 8. The number of aromatic nitrogens is 3. The van der Waals surface area contributed by atoms with E-state index in [9.17, 15) is 4.79 Å². The molecule has 0 bridgehead atoms. The van der Waals surface area contributed by atoms with E-state index in [2.05, 4.69) is 62.6 Å². The number of amides is 1. The van der Waals surface area contributed by atoms with Crippen LogP contribution in [0.4, 0.5) is 10.9 Å². The molecule has 180 valence electrons. The number of fused-ring (bicyclic) bond motifs is 1. The first-order valence-electron chi connectivity index (χ1n) is 11.4. The molecule has 4 rings (SSSR count). The maximum Gasteiger partial charge on any atom is 0.239 e. The molecule has 1 atom stereocenters. The van der Waals surface area contributed by atoms with Crippen LogP contribution in [0.1, 0.15) is 39.0 Å². The molecule has 0 saturated carbocycles. The van der Waals surface area contributed by atoms with Gasteiger partial charge in [0.25, 0.3) is 0 Å². The SMILES string of the molecule is Cc1ccc(-c2nc3sc(N(C)CC(=O)N[C@H](C)Cc4ccco4)nn3c2NC(C)(C)C)cc1. The standard InChI is InChI=1S/C25H32N6O2S/c1-16-9-11-18(12-10-16)21-22(28-25(3,4)5)31-23(27-21)34-24(29-31)30(6)15-20(32)26-17(2)14-19-8-7-13-33-19/h7-13,17,28H,14-15H2,1-6H3,(H,26,32)/t17-/m1/s1. The molecule has 0 aliphatic rings. The van der Waals surface area contributed by atoms with Crippen molar-refractivity contribution in [3.63, 3.8) is 0 Å². The summed E-state index contributed by atoms with van der Waals surface area (Å²) in [6.45, 7) is 10.6. The van der Waals surface area contributed by atoms with Gasteiger partial charge in [-0.3, -0.25) is 4.79 Å². The van der Waals surface area contributed by atoms with E-state index in [-0.39, 0.29) is 24.0 Å². The average molecular weight is 481 g/mol. The van der Waals surface area contributed by atoms with Gasteiger partial charge in [-0.05, 0) is 46.8 Å². The number of furan rings is 1. The van der Waals surface area contributed by atoms with Gasteiger partial charge in [0, 0.05) is 30.6 Å². The molecule has 0 radical (unpaired) electrons. The molecule has 0 saturated heterocycles. The van der Waals surface area contributed by atoms with Gasteiger partial charge in [0.1, 0.15) is 11.5 Å². The quantitative estimate of drug-likeness (QED) is 0.378. The zero-order valence-electron chi connectivity index (χ0n) is 20.5. The van der Waals surface area contributed by atoms with E-state index in [1.54, 1.807) is 6.26 Å². The number of nitrogens with one attached hydrogen (secondary N) is 2. The highest BCUT2D eigenvalue weighted by atomic mass is 32.1. The van der Waals surface area contributed by atoms with E-state index >= 15 is 0 Å². The van der Waals surface area contributed by atoms with Gasteiger partial charge in [0.2, 0.25) is 16.0 Å². The maximum atomic E-state index is 12.6. The summed E-state index contributed by atoms with van der Waals surface area (Å²) in [5.74, 6) is 1.63. The fourth-order valence-corrected chi connectivity index (χ4v) is 4.52. The van der Waals surface area contributed by atoms with E-state index in [0.717, 1.165) is 32.9 Å². The average Bonchev–Trinajstić information content (AvgIpc) is 3.45. The number of aryl methyl sites for hydroxylation is 1. The Morgan fingerprint density at radius 2 is 1.97 bits per heavy atom. The second kappa shape index (κ2) is 9.50. The van der Waals surface area contributed by atoms with Crippen molar-refractivity contribution in [1.82, 2.24) is 19.9 Å². The molecule has 1 amide bonds. The summed E-state index contributed by atoms with van der Waals surface area (Å²) in [5.41, 5.74) is 2.94. The molecule has 0 aliphatic carbocycles. The van der Waals surface area contributed by atoms with Crippen LogP contribution in [-0.2, 0) is 11.2 Å². The lowest BCUT2D eigenvalue weighted by Gasteiger charge is -2.22. The Morgan fingerprint density at radius 3 is 2.62 bits per heavy atom. The highest BCUT2D eigenvalue weighted by Gasteiger charge is 2.23. The molecule has 0 unspecified atom stereocenters. The number of benzene rings is 1. The van der Waals surface area contributed by atoms with Crippen molar-refractivity contribution in [2.24, 2.45) is 0 Å². The molecule has 0 aliphatic heterocycles. The number of hydrogen-bond acceptors (Lipinski definition) is 7. The van der Waals surface area contributed by atoms with Crippen LogP contribution >= 0.6 is 11.3 Å². The molecule has 2 N–H and O–H groups in total. The molecule has 0 spiro atoms. The van der Waals surface area contributed by atoms with Crippen LogP contribution < -0.4 is 15.5 Å². The van der Waals surface area contributed by atoms with E-state index in [0.29, 0.717) is 6.42 Å². The van der Waals surface area contributed by atoms with Gasteiger partial charge < -0.3 is 20.0 Å². The van der Waals surface area contributed by atoms with Gasteiger partial charge in [-0.15, -0.1) is 5.10 Å². The van der Waals surface area contributed by atoms with Gasteiger partial charge >= 0.3 is 0 Å². The second-order valence-corrected chi connectivity index (χ2v) is 10.7. The minimum absolute atomic E-state index is 0.0275. The number of nitrogens with zero attached hydrogens (tertiary/aromatic N) is 4. The molecule has 3 heterocycles. The minimum Gasteiger partial charge on any atom is -0.469 e. The van der Waals surface area contributed by atoms with Gasteiger partial charge in [0.05, 0.1) is 12.8 Å². The molecular formula is C25H32N6O2S. The number of carbonyl (C=O) groups excluding carboxylic acids is 1. The number of likely N-dealkylation sites (N-methyl/N-ethyl adjacent to an activating group) is 1. The van der Waals surface area contributed by atoms with E-state index < -0.39 is 0 Å². The number of carbonyl (C=O) groups is 1.